The van der Waals surface area contributed by atoms with Gasteiger partial charge in [-0.1, -0.05) is 38.1 Å². The van der Waals surface area contributed by atoms with Gasteiger partial charge in [0, 0.05) is 12.6 Å². The van der Waals surface area contributed by atoms with Crippen LogP contribution in [0.5, 0.6) is 5.75 Å². The third-order valence-electron chi connectivity index (χ3n) is 3.62. The Bertz CT molecular complexity index is 512. The number of nitrogens with zero attached hydrogens (tertiary/aromatic N) is 1. The van der Waals surface area contributed by atoms with Gasteiger partial charge >= 0.3 is 0 Å². The van der Waals surface area contributed by atoms with Crippen molar-refractivity contribution >= 4 is 5.96 Å². The van der Waals surface area contributed by atoms with Crippen LogP contribution < -0.4 is 15.4 Å². The normalized spacial score (nSPS) is 15.2. The molecule has 0 aliphatic heterocycles. The van der Waals surface area contributed by atoms with Crippen molar-refractivity contribution in [3.8, 4) is 5.75 Å². The fraction of sp³-hybridized carbons (Fsp3) is 0.526. The van der Waals surface area contributed by atoms with Gasteiger partial charge < -0.3 is 15.4 Å². The first-order valence-corrected chi connectivity index (χ1v) is 8.59. The molecular weight excluding hydrogens is 286 g/mol. The van der Waals surface area contributed by atoms with Crippen LogP contribution in [0.2, 0.25) is 0 Å². The first-order valence-electron chi connectivity index (χ1n) is 8.59. The second-order valence-corrected chi connectivity index (χ2v) is 6.33. The molecule has 0 atom stereocenters. The van der Waals surface area contributed by atoms with Crippen LogP contribution in [0.1, 0.15) is 39.2 Å². The lowest BCUT2D eigenvalue weighted by Gasteiger charge is -2.16. The van der Waals surface area contributed by atoms with Gasteiger partial charge in [-0.3, -0.25) is 0 Å². The van der Waals surface area contributed by atoms with Crippen LogP contribution in [-0.2, 0) is 6.54 Å². The Morgan fingerprint density at radius 3 is 2.52 bits per heavy atom. The van der Waals surface area contributed by atoms with E-state index in [0.29, 0.717) is 18.5 Å². The molecule has 0 spiro atoms. The minimum atomic E-state index is 0.472. The number of hydrogen-bond donors (Lipinski definition) is 2. The number of ether oxygens (including phenoxy) is 1. The average molecular weight is 315 g/mol. The van der Waals surface area contributed by atoms with Gasteiger partial charge in [0.15, 0.2) is 5.96 Å². The summed E-state index contributed by atoms with van der Waals surface area (Å²) in [6.07, 6.45) is 6.59. The fourth-order valence-electron chi connectivity index (χ4n) is 2.37. The van der Waals surface area contributed by atoms with E-state index in [9.17, 15) is 0 Å². The van der Waals surface area contributed by atoms with E-state index in [1.54, 1.807) is 0 Å². The van der Waals surface area contributed by atoms with Crippen molar-refractivity contribution in [3.05, 3.63) is 42.0 Å². The van der Waals surface area contributed by atoms with E-state index < -0.39 is 0 Å². The highest BCUT2D eigenvalue weighted by atomic mass is 16.5. The molecule has 0 fully saturated rings. The summed E-state index contributed by atoms with van der Waals surface area (Å²) in [4.78, 5) is 4.68. The van der Waals surface area contributed by atoms with Crippen molar-refractivity contribution in [1.29, 1.82) is 0 Å². The standard InChI is InChI=1S/C19H29N3O/c1-4-20-19(22-17-7-5-6-8-17)21-13-16-9-11-18(12-10-16)23-14-15(2)3/h5-6,9-12,15,17H,4,7-8,13-14H2,1-3H3,(H2,20,21,22). The topological polar surface area (TPSA) is 45.7 Å². The molecule has 2 rings (SSSR count). The number of guanidine groups is 1. The van der Waals surface area contributed by atoms with Crippen molar-refractivity contribution in [2.24, 2.45) is 10.9 Å². The largest absolute Gasteiger partial charge is 0.493 e. The van der Waals surface area contributed by atoms with E-state index in [4.69, 9.17) is 4.74 Å². The summed E-state index contributed by atoms with van der Waals surface area (Å²) in [7, 11) is 0. The molecule has 1 aromatic rings. The van der Waals surface area contributed by atoms with Gasteiger partial charge in [0.25, 0.3) is 0 Å². The van der Waals surface area contributed by atoms with Gasteiger partial charge in [-0.05, 0) is 43.4 Å². The van der Waals surface area contributed by atoms with Crippen LogP contribution in [0.15, 0.2) is 41.4 Å². The number of aliphatic imine (C=N–C) groups is 1. The lowest BCUT2D eigenvalue weighted by atomic mass is 10.2. The van der Waals surface area contributed by atoms with E-state index in [1.807, 2.05) is 12.1 Å². The molecule has 4 heteroatoms. The third kappa shape index (κ3) is 6.35. The number of hydrogen-bond acceptors (Lipinski definition) is 2. The lowest BCUT2D eigenvalue weighted by molar-refractivity contribution is 0.271. The summed E-state index contributed by atoms with van der Waals surface area (Å²) >= 11 is 0. The maximum atomic E-state index is 5.71. The van der Waals surface area contributed by atoms with E-state index in [1.165, 1.54) is 5.56 Å². The Morgan fingerprint density at radius 1 is 1.22 bits per heavy atom. The van der Waals surface area contributed by atoms with Gasteiger partial charge in [0.1, 0.15) is 5.75 Å². The Kier molecular flexibility index (Phi) is 6.98. The number of nitrogens with one attached hydrogen (secondary N) is 2. The molecular formula is C19H29N3O. The van der Waals surface area contributed by atoms with Gasteiger partial charge in [0.2, 0.25) is 0 Å². The minimum Gasteiger partial charge on any atom is -0.493 e. The van der Waals surface area contributed by atoms with E-state index in [0.717, 1.165) is 37.7 Å². The van der Waals surface area contributed by atoms with Crippen LogP contribution in [0.3, 0.4) is 0 Å². The molecule has 1 aliphatic carbocycles. The Balaban J connectivity index is 1.87. The molecule has 1 aliphatic rings. The number of benzene rings is 1. The lowest BCUT2D eigenvalue weighted by Crippen LogP contribution is -2.42. The third-order valence-corrected chi connectivity index (χ3v) is 3.62. The predicted molar refractivity (Wildman–Crippen MR) is 96.9 cm³/mol. The average Bonchev–Trinajstić information content (AvgIpc) is 3.05. The number of rotatable bonds is 7. The van der Waals surface area contributed by atoms with Gasteiger partial charge in [-0.2, -0.15) is 0 Å². The molecule has 0 heterocycles. The Morgan fingerprint density at radius 2 is 1.91 bits per heavy atom. The summed E-state index contributed by atoms with van der Waals surface area (Å²) in [5, 5.41) is 6.79. The van der Waals surface area contributed by atoms with Crippen molar-refractivity contribution in [3.63, 3.8) is 0 Å². The maximum absolute atomic E-state index is 5.71. The smallest absolute Gasteiger partial charge is 0.191 e. The van der Waals surface area contributed by atoms with Crippen LogP contribution >= 0.6 is 0 Å². The zero-order valence-electron chi connectivity index (χ0n) is 14.5. The molecule has 0 bridgehead atoms. The first kappa shape index (κ1) is 17.4. The second-order valence-electron chi connectivity index (χ2n) is 6.33. The molecule has 0 saturated heterocycles. The van der Waals surface area contributed by atoms with Crippen molar-refractivity contribution in [2.45, 2.75) is 46.2 Å². The zero-order chi connectivity index (χ0) is 16.5. The van der Waals surface area contributed by atoms with Crippen LogP contribution in [-0.4, -0.2) is 25.2 Å². The molecule has 4 nitrogen and oxygen atoms in total. The molecule has 1 aromatic carbocycles. The van der Waals surface area contributed by atoms with Gasteiger partial charge in [-0.25, -0.2) is 4.99 Å². The molecule has 0 amide bonds. The first-order chi connectivity index (χ1) is 11.2. The molecule has 0 radical (unpaired) electrons. The van der Waals surface area contributed by atoms with Crippen LogP contribution in [0.25, 0.3) is 0 Å². The molecule has 23 heavy (non-hydrogen) atoms. The zero-order valence-corrected chi connectivity index (χ0v) is 14.5. The van der Waals surface area contributed by atoms with Crippen molar-refractivity contribution in [1.82, 2.24) is 10.6 Å². The van der Waals surface area contributed by atoms with E-state index in [-0.39, 0.29) is 0 Å². The molecule has 126 valence electrons. The summed E-state index contributed by atoms with van der Waals surface area (Å²) in [5.74, 6) is 2.35. The molecule has 0 unspecified atom stereocenters. The van der Waals surface area contributed by atoms with E-state index in [2.05, 4.69) is 60.7 Å². The van der Waals surface area contributed by atoms with Crippen LogP contribution in [0.4, 0.5) is 0 Å². The summed E-state index contributed by atoms with van der Waals surface area (Å²) in [6, 6.07) is 8.68. The van der Waals surface area contributed by atoms with Crippen molar-refractivity contribution in [2.75, 3.05) is 13.2 Å². The fourth-order valence-corrected chi connectivity index (χ4v) is 2.37. The van der Waals surface area contributed by atoms with E-state index >= 15 is 0 Å². The molecule has 0 saturated carbocycles. The highest BCUT2D eigenvalue weighted by Gasteiger charge is 2.11. The van der Waals surface area contributed by atoms with Crippen LogP contribution in [0, 0.1) is 5.92 Å². The Labute approximate surface area is 140 Å². The summed E-state index contributed by atoms with van der Waals surface area (Å²) in [6.45, 7) is 8.68. The molecule has 2 N–H and O–H groups in total. The maximum Gasteiger partial charge on any atom is 0.191 e. The van der Waals surface area contributed by atoms with Crippen molar-refractivity contribution < 1.29 is 4.74 Å². The van der Waals surface area contributed by atoms with Gasteiger partial charge in [-0.15, -0.1) is 0 Å². The second kappa shape index (κ2) is 9.23. The molecule has 0 aromatic heterocycles. The monoisotopic (exact) mass is 315 g/mol. The quantitative estimate of drug-likeness (QED) is 0.460. The Hall–Kier alpha value is -1.97. The predicted octanol–water partition coefficient (Wildman–Crippen LogP) is 3.50. The highest BCUT2D eigenvalue weighted by molar-refractivity contribution is 5.80. The summed E-state index contributed by atoms with van der Waals surface area (Å²) in [5.41, 5.74) is 1.18. The highest BCUT2D eigenvalue weighted by Crippen LogP contribution is 2.14. The summed E-state index contributed by atoms with van der Waals surface area (Å²) < 4.78 is 5.71. The SMILES string of the molecule is CCNC(=NCc1ccc(OCC(C)C)cc1)NC1CC=CC1. The van der Waals surface area contributed by atoms with Gasteiger partial charge in [0.05, 0.1) is 13.2 Å². The minimum absolute atomic E-state index is 0.472.